The van der Waals surface area contributed by atoms with Crippen molar-refractivity contribution in [3.8, 4) is 0 Å². The van der Waals surface area contributed by atoms with Gasteiger partial charge in [0.1, 0.15) is 5.01 Å². The topological polar surface area (TPSA) is 54.0 Å². The highest BCUT2D eigenvalue weighted by Gasteiger charge is 2.17. The third-order valence-electron chi connectivity index (χ3n) is 3.15. The van der Waals surface area contributed by atoms with Gasteiger partial charge >= 0.3 is 6.03 Å². The summed E-state index contributed by atoms with van der Waals surface area (Å²) in [5.41, 5.74) is 2.26. The molecule has 0 aliphatic heterocycles. The lowest BCUT2D eigenvalue weighted by Gasteiger charge is -2.18. The summed E-state index contributed by atoms with van der Waals surface area (Å²) in [6, 6.07) is 2.05. The van der Waals surface area contributed by atoms with E-state index in [1.54, 1.807) is 22.7 Å². The Kier molecular flexibility index (Phi) is 5.76. The Bertz CT molecular complexity index is 565. The molecule has 2 amide bonds. The third kappa shape index (κ3) is 4.82. The molecule has 0 saturated heterocycles. The van der Waals surface area contributed by atoms with Crippen molar-refractivity contribution in [1.29, 1.82) is 0 Å². The zero-order valence-corrected chi connectivity index (χ0v) is 14.2. The van der Waals surface area contributed by atoms with E-state index in [0.29, 0.717) is 0 Å². The molecular formula is C15H21N3OS2. The minimum Gasteiger partial charge on any atom is -0.335 e. The molecule has 0 radical (unpaired) electrons. The first-order valence-electron chi connectivity index (χ1n) is 7.08. The van der Waals surface area contributed by atoms with Gasteiger partial charge in [0.05, 0.1) is 6.04 Å². The number of nitrogens with zero attached hydrogens (tertiary/aromatic N) is 1. The maximum Gasteiger partial charge on any atom is 0.315 e. The number of carbonyl (C=O) groups is 1. The summed E-state index contributed by atoms with van der Waals surface area (Å²) < 4.78 is 0. The first-order chi connectivity index (χ1) is 10.1. The van der Waals surface area contributed by atoms with Gasteiger partial charge in [0.2, 0.25) is 0 Å². The molecule has 114 valence electrons. The van der Waals surface area contributed by atoms with Crippen molar-refractivity contribution in [2.75, 3.05) is 0 Å². The normalized spacial score (nSPS) is 13.7. The molecule has 2 rings (SSSR count). The zero-order chi connectivity index (χ0) is 15.2. The number of aryl methyl sites for hydroxylation is 1. The van der Waals surface area contributed by atoms with Crippen LogP contribution < -0.4 is 10.6 Å². The van der Waals surface area contributed by atoms with Crippen LogP contribution in [-0.4, -0.2) is 17.1 Å². The van der Waals surface area contributed by atoms with Crippen LogP contribution in [0.3, 0.4) is 0 Å². The molecule has 2 aromatic rings. The number of carbonyl (C=O) groups excluding carboxylic acids is 1. The number of rotatable bonds is 6. The maximum atomic E-state index is 12.1. The number of urea groups is 1. The van der Waals surface area contributed by atoms with Gasteiger partial charge in [0, 0.05) is 17.1 Å². The lowest BCUT2D eigenvalue weighted by atomic mass is 10.1. The number of thiazole rings is 1. The highest BCUT2D eigenvalue weighted by molar-refractivity contribution is 7.09. The van der Waals surface area contributed by atoms with E-state index in [4.69, 9.17) is 0 Å². The average molecular weight is 323 g/mol. The predicted octanol–water partition coefficient (Wildman–Crippen LogP) is 3.89. The van der Waals surface area contributed by atoms with Gasteiger partial charge in [-0.3, -0.25) is 0 Å². The monoisotopic (exact) mass is 323 g/mol. The molecule has 0 aromatic carbocycles. The lowest BCUT2D eigenvalue weighted by Crippen LogP contribution is -2.43. The molecular weight excluding hydrogens is 302 g/mol. The second-order valence-corrected chi connectivity index (χ2v) is 6.81. The molecule has 2 N–H and O–H groups in total. The summed E-state index contributed by atoms with van der Waals surface area (Å²) in [7, 11) is 0. The zero-order valence-electron chi connectivity index (χ0n) is 12.6. The molecule has 21 heavy (non-hydrogen) atoms. The van der Waals surface area contributed by atoms with Crippen molar-refractivity contribution in [2.45, 2.75) is 45.7 Å². The van der Waals surface area contributed by atoms with E-state index >= 15 is 0 Å². The van der Waals surface area contributed by atoms with Gasteiger partial charge in [0.25, 0.3) is 0 Å². The summed E-state index contributed by atoms with van der Waals surface area (Å²) >= 11 is 3.27. The van der Waals surface area contributed by atoms with Crippen molar-refractivity contribution in [2.24, 2.45) is 0 Å². The van der Waals surface area contributed by atoms with Crippen LogP contribution in [0.15, 0.2) is 22.2 Å². The molecule has 0 spiro atoms. The molecule has 2 atom stereocenters. The van der Waals surface area contributed by atoms with Crippen LogP contribution >= 0.6 is 22.7 Å². The Labute approximate surface area is 133 Å². The van der Waals surface area contributed by atoms with E-state index < -0.39 is 0 Å². The number of thiophene rings is 1. The highest BCUT2D eigenvalue weighted by atomic mass is 32.1. The second-order valence-electron chi connectivity index (χ2n) is 5.14. The molecule has 2 aromatic heterocycles. The minimum atomic E-state index is -0.127. The van der Waals surface area contributed by atoms with Crippen molar-refractivity contribution >= 4 is 28.7 Å². The molecule has 0 aliphatic rings. The molecule has 0 fully saturated rings. The Morgan fingerprint density at radius 2 is 2.19 bits per heavy atom. The largest absolute Gasteiger partial charge is 0.335 e. The van der Waals surface area contributed by atoms with Crippen LogP contribution in [0.1, 0.15) is 42.6 Å². The van der Waals surface area contributed by atoms with Crippen molar-refractivity contribution in [3.05, 3.63) is 38.5 Å². The Hall–Kier alpha value is -1.40. The molecule has 0 aliphatic carbocycles. The van der Waals surface area contributed by atoms with Crippen LogP contribution in [0.4, 0.5) is 4.79 Å². The Morgan fingerprint density at radius 3 is 2.76 bits per heavy atom. The van der Waals surface area contributed by atoms with Gasteiger partial charge in [-0.25, -0.2) is 9.78 Å². The second kappa shape index (κ2) is 7.56. The molecule has 0 bridgehead atoms. The summed E-state index contributed by atoms with van der Waals surface area (Å²) in [5, 5.41) is 13.1. The fraction of sp³-hybridized carbons (Fsp3) is 0.467. The van der Waals surface area contributed by atoms with Crippen LogP contribution in [0.5, 0.6) is 0 Å². The predicted molar refractivity (Wildman–Crippen MR) is 89.0 cm³/mol. The average Bonchev–Trinajstić information content (AvgIpc) is 3.07. The number of hydrogen-bond donors (Lipinski definition) is 2. The van der Waals surface area contributed by atoms with Gasteiger partial charge < -0.3 is 10.6 Å². The van der Waals surface area contributed by atoms with Crippen molar-refractivity contribution in [1.82, 2.24) is 15.6 Å². The van der Waals surface area contributed by atoms with Crippen molar-refractivity contribution in [3.63, 3.8) is 0 Å². The summed E-state index contributed by atoms with van der Waals surface area (Å²) in [6.07, 6.45) is 1.68. The van der Waals surface area contributed by atoms with Crippen molar-refractivity contribution < 1.29 is 4.79 Å². The van der Waals surface area contributed by atoms with Crippen LogP contribution in [0, 0.1) is 6.92 Å². The first kappa shape index (κ1) is 16.0. The van der Waals surface area contributed by atoms with E-state index in [1.165, 1.54) is 5.56 Å². The number of hydrogen-bond acceptors (Lipinski definition) is 4. The fourth-order valence-electron chi connectivity index (χ4n) is 2.11. The van der Waals surface area contributed by atoms with E-state index in [0.717, 1.165) is 23.5 Å². The molecule has 0 saturated carbocycles. The molecule has 4 nitrogen and oxygen atoms in total. The smallest absolute Gasteiger partial charge is 0.315 e. The standard InChI is InChI=1S/C15H21N3OS2/c1-4-13(14-16-11(3)8-21-14)18-15(19)17-10(2)7-12-5-6-20-9-12/h5-6,8-10,13H,4,7H2,1-3H3,(H2,17,18,19)/t10-,13-/m1/s1. The van der Waals surface area contributed by atoms with Gasteiger partial charge in [-0.05, 0) is 49.1 Å². The number of nitrogens with one attached hydrogen (secondary N) is 2. The van der Waals surface area contributed by atoms with Gasteiger partial charge in [0.15, 0.2) is 0 Å². The SMILES string of the molecule is CC[C@@H](NC(=O)N[C@H](C)Cc1ccsc1)c1nc(C)cs1. The van der Waals surface area contributed by atoms with E-state index in [-0.39, 0.29) is 18.1 Å². The minimum absolute atomic E-state index is 0.0166. The van der Waals surface area contributed by atoms with Crippen LogP contribution in [-0.2, 0) is 6.42 Å². The Balaban J connectivity index is 1.85. The summed E-state index contributed by atoms with van der Waals surface area (Å²) in [5.74, 6) is 0. The number of aromatic nitrogens is 1. The molecule has 2 heterocycles. The van der Waals surface area contributed by atoms with E-state index in [2.05, 4.69) is 39.4 Å². The van der Waals surface area contributed by atoms with Gasteiger partial charge in [-0.1, -0.05) is 6.92 Å². The van der Waals surface area contributed by atoms with Crippen LogP contribution in [0.25, 0.3) is 0 Å². The number of amides is 2. The first-order valence-corrected chi connectivity index (χ1v) is 8.90. The quantitative estimate of drug-likeness (QED) is 0.847. The third-order valence-corrected chi connectivity index (χ3v) is 4.96. The molecule has 0 unspecified atom stereocenters. The van der Waals surface area contributed by atoms with Gasteiger partial charge in [-0.2, -0.15) is 11.3 Å². The molecule has 6 heteroatoms. The Morgan fingerprint density at radius 1 is 1.38 bits per heavy atom. The van der Waals surface area contributed by atoms with E-state index in [1.807, 2.05) is 19.2 Å². The van der Waals surface area contributed by atoms with Gasteiger partial charge in [-0.15, -0.1) is 11.3 Å². The van der Waals surface area contributed by atoms with Crippen LogP contribution in [0.2, 0.25) is 0 Å². The lowest BCUT2D eigenvalue weighted by molar-refractivity contribution is 0.233. The maximum absolute atomic E-state index is 12.1. The fourth-order valence-corrected chi connectivity index (χ4v) is 3.72. The summed E-state index contributed by atoms with van der Waals surface area (Å²) in [6.45, 7) is 6.04. The highest BCUT2D eigenvalue weighted by Crippen LogP contribution is 2.20. The van der Waals surface area contributed by atoms with E-state index in [9.17, 15) is 4.79 Å². The summed E-state index contributed by atoms with van der Waals surface area (Å²) in [4.78, 5) is 16.5.